The van der Waals surface area contributed by atoms with Crippen molar-refractivity contribution in [1.29, 1.82) is 0 Å². The van der Waals surface area contributed by atoms with Crippen LogP contribution in [0, 0.1) is 17.0 Å². The molecule has 0 spiro atoms. The van der Waals surface area contributed by atoms with Gasteiger partial charge in [-0.25, -0.2) is 4.79 Å². The molecule has 7 nitrogen and oxygen atoms in total. The molecule has 7 heteroatoms. The monoisotopic (exact) mass is 419 g/mol. The second-order valence-corrected chi connectivity index (χ2v) is 8.88. The van der Waals surface area contributed by atoms with E-state index < -0.39 is 5.97 Å². The minimum absolute atomic E-state index is 0.0252. The summed E-state index contributed by atoms with van der Waals surface area (Å²) in [5.41, 5.74) is 0.649. The molecule has 0 aliphatic carbocycles. The fourth-order valence-corrected chi connectivity index (χ4v) is 6.07. The summed E-state index contributed by atoms with van der Waals surface area (Å²) < 4.78 is 22.5. The molecule has 0 N–H and O–H groups in total. The summed E-state index contributed by atoms with van der Waals surface area (Å²) in [5, 5.41) is 14.4. The van der Waals surface area contributed by atoms with Gasteiger partial charge in [0.05, 0.1) is 25.6 Å². The maximum Gasteiger partial charge on any atom is 0.379 e. The average Bonchev–Trinajstić information content (AvgIpc) is 3.13. The molecule has 4 aliphatic heterocycles. The highest BCUT2D eigenvalue weighted by Crippen LogP contribution is 2.51. The van der Waals surface area contributed by atoms with Crippen molar-refractivity contribution in [2.75, 3.05) is 20.8 Å². The van der Waals surface area contributed by atoms with E-state index >= 15 is 0 Å². The number of carbonyl (C=O) groups excluding carboxylic acids is 1. The van der Waals surface area contributed by atoms with Crippen molar-refractivity contribution < 1.29 is 28.4 Å². The third kappa shape index (κ3) is 3.10. The Kier molecular flexibility index (Phi) is 5.72. The van der Waals surface area contributed by atoms with Crippen LogP contribution < -0.4 is 0 Å². The van der Waals surface area contributed by atoms with Crippen LogP contribution in [0.3, 0.4) is 0 Å². The van der Waals surface area contributed by atoms with Gasteiger partial charge >= 0.3 is 5.97 Å². The van der Waals surface area contributed by atoms with Gasteiger partial charge in [-0.1, -0.05) is 13.8 Å². The fraction of sp³-hybridized carbons (Fsp3) is 0.696. The topological polar surface area (TPSA) is 77.0 Å². The first-order chi connectivity index (χ1) is 14.4. The van der Waals surface area contributed by atoms with Gasteiger partial charge in [-0.15, -0.1) is 0 Å². The van der Waals surface area contributed by atoms with Crippen molar-refractivity contribution in [1.82, 2.24) is 0 Å². The summed E-state index contributed by atoms with van der Waals surface area (Å²) in [6.07, 6.45) is 6.33. The molecule has 0 amide bonds. The zero-order valence-electron chi connectivity index (χ0n) is 18.6. The Hall–Kier alpha value is -1.83. The Morgan fingerprint density at radius 2 is 2.07 bits per heavy atom. The van der Waals surface area contributed by atoms with Crippen LogP contribution >= 0.6 is 0 Å². The van der Waals surface area contributed by atoms with Gasteiger partial charge in [0.1, 0.15) is 17.9 Å². The molecule has 1 unspecified atom stereocenters. The van der Waals surface area contributed by atoms with Crippen LogP contribution in [-0.4, -0.2) is 49.6 Å². The van der Waals surface area contributed by atoms with E-state index in [-0.39, 0.29) is 40.4 Å². The van der Waals surface area contributed by atoms with E-state index in [0.29, 0.717) is 30.1 Å². The van der Waals surface area contributed by atoms with Crippen molar-refractivity contribution in [2.45, 2.75) is 71.1 Å². The Bertz CT molecular complexity index is 811. The van der Waals surface area contributed by atoms with E-state index in [1.165, 1.54) is 7.11 Å². The number of hydrogen-bond donors (Lipinski definition) is 0. The normalized spacial score (nSPS) is 39.5. The summed E-state index contributed by atoms with van der Waals surface area (Å²) in [4.78, 5) is 12.1. The summed E-state index contributed by atoms with van der Waals surface area (Å²) in [6.45, 7) is 6.53. The summed E-state index contributed by atoms with van der Waals surface area (Å²) in [5.74, 6) is 1.57. The number of piperidine rings is 1. The zero-order valence-corrected chi connectivity index (χ0v) is 18.6. The molecule has 0 saturated carbocycles. The lowest BCUT2D eigenvalue weighted by atomic mass is 9.78. The number of allylic oxidation sites excluding steroid dienone is 2. The Balaban J connectivity index is 1.72. The molecule has 4 rings (SSSR count). The molecule has 0 aromatic heterocycles. The SMILES string of the molecule is CC[C@@H](OC)[C@H]1CCC[C@H]2[C@@H]3C(=CCC[N+]12[O-])O/C(=C1\OC(=O)C(OC)=C1C)[C@H]3C. The quantitative estimate of drug-likeness (QED) is 0.391. The minimum atomic E-state index is -0.494. The number of methoxy groups -OCH3 is 2. The molecular weight excluding hydrogens is 386 g/mol. The molecule has 166 valence electrons. The molecule has 6 atom stereocenters. The van der Waals surface area contributed by atoms with Crippen LogP contribution in [0.5, 0.6) is 0 Å². The molecule has 2 saturated heterocycles. The Morgan fingerprint density at radius 3 is 2.70 bits per heavy atom. The lowest BCUT2D eigenvalue weighted by Crippen LogP contribution is -2.65. The van der Waals surface area contributed by atoms with Gasteiger partial charge in [0.25, 0.3) is 0 Å². The highest BCUT2D eigenvalue weighted by atomic mass is 16.6. The molecule has 2 fully saturated rings. The number of carbonyl (C=O) groups is 1. The van der Waals surface area contributed by atoms with Crippen LogP contribution in [-0.2, 0) is 23.7 Å². The van der Waals surface area contributed by atoms with Crippen molar-refractivity contribution in [3.63, 3.8) is 0 Å². The van der Waals surface area contributed by atoms with Gasteiger partial charge in [-0.2, -0.15) is 0 Å². The maximum absolute atomic E-state index is 14.4. The number of esters is 1. The van der Waals surface area contributed by atoms with E-state index in [4.69, 9.17) is 18.9 Å². The van der Waals surface area contributed by atoms with Crippen LogP contribution in [0.1, 0.15) is 52.9 Å². The highest BCUT2D eigenvalue weighted by molar-refractivity contribution is 5.92. The van der Waals surface area contributed by atoms with E-state index in [1.54, 1.807) is 14.0 Å². The predicted molar refractivity (Wildman–Crippen MR) is 110 cm³/mol. The fourth-order valence-electron chi connectivity index (χ4n) is 6.07. The lowest BCUT2D eigenvalue weighted by molar-refractivity contribution is -0.940. The second kappa shape index (κ2) is 8.02. The van der Waals surface area contributed by atoms with E-state index in [2.05, 4.69) is 19.9 Å². The third-order valence-corrected chi connectivity index (χ3v) is 7.49. The standard InChI is InChI=1S/C23H33NO6/c1-6-17(27-4)15-9-7-10-16-19-13(2)20(21-14(3)22(28-5)23(25)30-21)29-18(19)11-8-12-24(15,16)26/h11,13,15-17,19H,6-10,12H2,1-5H3/b21-20-/t13-,15+,16-,17+,19+,24?/m0/s1. The average molecular weight is 420 g/mol. The first kappa shape index (κ1) is 21.4. The minimum Gasteiger partial charge on any atom is -0.632 e. The molecule has 0 aromatic carbocycles. The third-order valence-electron chi connectivity index (χ3n) is 7.49. The smallest absolute Gasteiger partial charge is 0.379 e. The number of quaternary nitrogens is 1. The molecule has 0 bridgehead atoms. The van der Waals surface area contributed by atoms with Gasteiger partial charge < -0.3 is 28.8 Å². The van der Waals surface area contributed by atoms with Gasteiger partial charge in [-0.3, -0.25) is 0 Å². The van der Waals surface area contributed by atoms with E-state index in [1.807, 2.05) is 0 Å². The van der Waals surface area contributed by atoms with Crippen LogP contribution in [0.15, 0.2) is 34.7 Å². The van der Waals surface area contributed by atoms with Crippen molar-refractivity contribution in [3.05, 3.63) is 39.9 Å². The van der Waals surface area contributed by atoms with Gasteiger partial charge in [0, 0.05) is 37.9 Å². The van der Waals surface area contributed by atoms with Crippen LogP contribution in [0.25, 0.3) is 0 Å². The zero-order chi connectivity index (χ0) is 21.6. The number of cyclic esters (lactones) is 1. The van der Waals surface area contributed by atoms with Gasteiger partial charge in [-0.05, 0) is 25.8 Å². The van der Waals surface area contributed by atoms with Gasteiger partial charge in [0.2, 0.25) is 5.76 Å². The second-order valence-electron chi connectivity index (χ2n) is 8.88. The van der Waals surface area contributed by atoms with Crippen LogP contribution in [0.4, 0.5) is 0 Å². The van der Waals surface area contributed by atoms with E-state index in [0.717, 1.165) is 31.4 Å². The first-order valence-corrected chi connectivity index (χ1v) is 11.1. The number of fused-ring (bicyclic) bond motifs is 3. The molecular formula is C23H33NO6. The van der Waals surface area contributed by atoms with Crippen molar-refractivity contribution >= 4 is 5.97 Å². The first-order valence-electron chi connectivity index (χ1n) is 11.1. The number of hydroxylamine groups is 3. The number of nitrogens with zero attached hydrogens (tertiary/aromatic N) is 1. The molecule has 4 heterocycles. The van der Waals surface area contributed by atoms with Crippen LogP contribution in [0.2, 0.25) is 0 Å². The summed E-state index contributed by atoms with van der Waals surface area (Å²) in [6, 6.07) is -0.139. The Morgan fingerprint density at radius 1 is 1.30 bits per heavy atom. The molecule has 0 radical (unpaired) electrons. The summed E-state index contributed by atoms with van der Waals surface area (Å²) >= 11 is 0. The largest absolute Gasteiger partial charge is 0.632 e. The maximum atomic E-state index is 14.4. The predicted octanol–water partition coefficient (Wildman–Crippen LogP) is 3.91. The summed E-state index contributed by atoms with van der Waals surface area (Å²) in [7, 11) is 3.18. The van der Waals surface area contributed by atoms with Crippen molar-refractivity contribution in [2.24, 2.45) is 11.8 Å². The number of hydrogen-bond acceptors (Lipinski definition) is 6. The number of rotatable bonds is 4. The molecule has 4 aliphatic rings. The number of ether oxygens (including phenoxy) is 4. The highest BCUT2D eigenvalue weighted by Gasteiger charge is 2.54. The Labute approximate surface area is 178 Å². The lowest BCUT2D eigenvalue weighted by Gasteiger charge is -2.59. The van der Waals surface area contributed by atoms with Gasteiger partial charge in [0.15, 0.2) is 11.5 Å². The molecule has 30 heavy (non-hydrogen) atoms. The van der Waals surface area contributed by atoms with Crippen molar-refractivity contribution in [3.8, 4) is 0 Å². The van der Waals surface area contributed by atoms with E-state index in [9.17, 15) is 10.0 Å². The molecule has 0 aromatic rings.